The van der Waals surface area contributed by atoms with Crippen LogP contribution in [0.25, 0.3) is 0 Å². The molecule has 1 rings (SSSR count). The molecule has 0 aliphatic carbocycles. The van der Waals surface area contributed by atoms with Gasteiger partial charge in [-0.1, -0.05) is 0 Å². The van der Waals surface area contributed by atoms with Gasteiger partial charge in [0.25, 0.3) is 0 Å². The van der Waals surface area contributed by atoms with Crippen molar-refractivity contribution in [3.63, 3.8) is 0 Å². The molecule has 0 atom stereocenters. The lowest BCUT2D eigenvalue weighted by Crippen LogP contribution is -2.39. The lowest BCUT2D eigenvalue weighted by Gasteiger charge is -2.24. The van der Waals surface area contributed by atoms with Crippen LogP contribution in [0.15, 0.2) is 18.3 Å². The summed E-state index contributed by atoms with van der Waals surface area (Å²) in [5.74, 6) is -2.76. The highest BCUT2D eigenvalue weighted by Crippen LogP contribution is 2.23. The van der Waals surface area contributed by atoms with Gasteiger partial charge in [0.05, 0.1) is 7.11 Å². The summed E-state index contributed by atoms with van der Waals surface area (Å²) in [7, 11) is 1.06. The van der Waals surface area contributed by atoms with Gasteiger partial charge in [-0.25, -0.2) is 9.78 Å². The van der Waals surface area contributed by atoms with Crippen LogP contribution >= 0.6 is 0 Å². The highest BCUT2D eigenvalue weighted by Gasteiger charge is 2.33. The minimum absolute atomic E-state index is 0.236. The van der Waals surface area contributed by atoms with Crippen molar-refractivity contribution in [3.05, 3.63) is 23.9 Å². The number of methoxy groups -OCH3 is 1. The normalized spacial score (nSPS) is 11.0. The van der Waals surface area contributed by atoms with E-state index in [4.69, 9.17) is 5.11 Å². The fraction of sp³-hybridized carbons (Fsp3) is 0.364. The van der Waals surface area contributed by atoms with Crippen LogP contribution < -0.4 is 4.90 Å². The van der Waals surface area contributed by atoms with Gasteiger partial charge < -0.3 is 14.7 Å². The van der Waals surface area contributed by atoms with E-state index in [-0.39, 0.29) is 11.4 Å². The summed E-state index contributed by atoms with van der Waals surface area (Å²) in [6.45, 7) is -2.49. The number of esters is 1. The van der Waals surface area contributed by atoms with Crippen molar-refractivity contribution in [1.29, 1.82) is 0 Å². The number of carboxylic acids is 1. The molecule has 1 aromatic heterocycles. The van der Waals surface area contributed by atoms with Gasteiger partial charge in [0.15, 0.2) is 0 Å². The molecular formula is C11H11F3N2O4. The Morgan fingerprint density at radius 3 is 2.60 bits per heavy atom. The molecule has 0 spiro atoms. The first kappa shape index (κ1) is 15.7. The van der Waals surface area contributed by atoms with Crippen LogP contribution in [0.1, 0.15) is 10.4 Å². The van der Waals surface area contributed by atoms with Gasteiger partial charge in [-0.15, -0.1) is 0 Å². The van der Waals surface area contributed by atoms with E-state index in [0.29, 0.717) is 4.90 Å². The molecule has 0 saturated carbocycles. The third kappa shape index (κ3) is 4.41. The van der Waals surface area contributed by atoms with Gasteiger partial charge in [0, 0.05) is 6.20 Å². The number of pyridine rings is 1. The molecule has 0 radical (unpaired) electrons. The number of nitrogens with zero attached hydrogens (tertiary/aromatic N) is 2. The smallest absolute Gasteiger partial charge is 0.405 e. The van der Waals surface area contributed by atoms with E-state index in [2.05, 4.69) is 9.72 Å². The Morgan fingerprint density at radius 1 is 1.45 bits per heavy atom. The number of ether oxygens (including phenoxy) is 1. The van der Waals surface area contributed by atoms with E-state index in [1.165, 1.54) is 12.1 Å². The molecule has 110 valence electrons. The van der Waals surface area contributed by atoms with Gasteiger partial charge in [0.1, 0.15) is 24.5 Å². The summed E-state index contributed by atoms with van der Waals surface area (Å²) >= 11 is 0. The predicted molar refractivity (Wildman–Crippen MR) is 61.5 cm³/mol. The van der Waals surface area contributed by atoms with E-state index < -0.39 is 31.2 Å². The molecule has 20 heavy (non-hydrogen) atoms. The number of aromatic nitrogens is 1. The molecule has 0 amide bonds. The molecule has 0 fully saturated rings. The van der Waals surface area contributed by atoms with Crippen molar-refractivity contribution >= 4 is 17.8 Å². The average Bonchev–Trinajstić information content (AvgIpc) is 2.35. The Balaban J connectivity index is 3.19. The highest BCUT2D eigenvalue weighted by molar-refractivity contribution is 5.95. The maximum absolute atomic E-state index is 12.5. The second kappa shape index (κ2) is 6.22. The second-order valence-corrected chi connectivity index (χ2v) is 3.73. The molecule has 0 aliphatic heterocycles. The summed E-state index contributed by atoms with van der Waals surface area (Å²) < 4.78 is 41.9. The van der Waals surface area contributed by atoms with Gasteiger partial charge in [0.2, 0.25) is 0 Å². The minimum atomic E-state index is -4.64. The zero-order valence-corrected chi connectivity index (χ0v) is 10.3. The van der Waals surface area contributed by atoms with Crippen LogP contribution in [0.3, 0.4) is 0 Å². The van der Waals surface area contributed by atoms with Crippen LogP contribution in [-0.2, 0) is 9.53 Å². The zero-order valence-electron chi connectivity index (χ0n) is 10.3. The number of rotatable bonds is 5. The number of halogens is 3. The van der Waals surface area contributed by atoms with Crippen LogP contribution in [0.5, 0.6) is 0 Å². The van der Waals surface area contributed by atoms with E-state index in [9.17, 15) is 22.8 Å². The van der Waals surface area contributed by atoms with Gasteiger partial charge in [-0.2, -0.15) is 13.2 Å². The summed E-state index contributed by atoms with van der Waals surface area (Å²) in [5, 5.41) is 8.68. The Bertz CT molecular complexity index is 505. The SMILES string of the molecule is COC(=O)c1cccnc1N(CC(=O)O)CC(F)(F)F. The molecule has 0 unspecified atom stereocenters. The minimum Gasteiger partial charge on any atom is -0.480 e. The third-order valence-corrected chi connectivity index (χ3v) is 2.19. The summed E-state index contributed by atoms with van der Waals surface area (Å²) in [4.78, 5) is 26.2. The summed E-state index contributed by atoms with van der Waals surface area (Å²) in [5.41, 5.74) is -0.236. The van der Waals surface area contributed by atoms with E-state index in [1.54, 1.807) is 0 Å². The quantitative estimate of drug-likeness (QED) is 0.825. The molecule has 1 N–H and O–H groups in total. The Labute approximate surface area is 111 Å². The molecule has 0 aromatic carbocycles. The van der Waals surface area contributed by atoms with Crippen LogP contribution in [-0.4, -0.2) is 48.4 Å². The number of hydrogen-bond donors (Lipinski definition) is 1. The number of alkyl halides is 3. The maximum Gasteiger partial charge on any atom is 0.405 e. The Hall–Kier alpha value is -2.32. The molecular weight excluding hydrogens is 281 g/mol. The fourth-order valence-corrected chi connectivity index (χ4v) is 1.50. The molecule has 0 aliphatic rings. The molecule has 1 aromatic rings. The van der Waals surface area contributed by atoms with E-state index in [1.807, 2.05) is 0 Å². The van der Waals surface area contributed by atoms with Gasteiger partial charge in [-0.05, 0) is 12.1 Å². The van der Waals surface area contributed by atoms with Crippen molar-refractivity contribution in [2.24, 2.45) is 0 Å². The average molecular weight is 292 g/mol. The van der Waals surface area contributed by atoms with Crippen LogP contribution in [0, 0.1) is 0 Å². The first-order chi connectivity index (χ1) is 9.24. The van der Waals surface area contributed by atoms with Crippen molar-refractivity contribution < 1.29 is 32.6 Å². The number of carbonyl (C=O) groups excluding carboxylic acids is 1. The lowest BCUT2D eigenvalue weighted by atomic mass is 10.2. The lowest BCUT2D eigenvalue weighted by molar-refractivity contribution is -0.136. The molecule has 1 heterocycles. The van der Waals surface area contributed by atoms with Gasteiger partial charge in [-0.3, -0.25) is 4.79 Å². The zero-order chi connectivity index (χ0) is 15.3. The van der Waals surface area contributed by atoms with E-state index in [0.717, 1.165) is 13.3 Å². The predicted octanol–water partition coefficient (Wildman–Crippen LogP) is 1.32. The number of hydrogen-bond acceptors (Lipinski definition) is 5. The maximum atomic E-state index is 12.5. The molecule has 9 heteroatoms. The van der Waals surface area contributed by atoms with Crippen molar-refractivity contribution in [2.75, 3.05) is 25.1 Å². The summed E-state index contributed by atoms with van der Waals surface area (Å²) in [6.07, 6.45) is -3.48. The summed E-state index contributed by atoms with van der Waals surface area (Å²) in [6, 6.07) is 2.54. The first-order valence-electron chi connectivity index (χ1n) is 5.31. The first-order valence-corrected chi connectivity index (χ1v) is 5.31. The number of anilines is 1. The molecule has 0 bridgehead atoms. The fourth-order valence-electron chi connectivity index (χ4n) is 1.50. The van der Waals surface area contributed by atoms with Crippen LogP contribution in [0.4, 0.5) is 19.0 Å². The third-order valence-electron chi connectivity index (χ3n) is 2.19. The molecule has 0 saturated heterocycles. The monoisotopic (exact) mass is 292 g/mol. The standard InChI is InChI=1S/C11H11F3N2O4/c1-20-10(19)7-3-2-4-15-9(7)16(5-8(17)18)6-11(12,13)14/h2-4H,5-6H2,1H3,(H,17,18). The van der Waals surface area contributed by atoms with Gasteiger partial charge >= 0.3 is 18.1 Å². The highest BCUT2D eigenvalue weighted by atomic mass is 19.4. The number of carboxylic acid groups (broad SMARTS) is 1. The topological polar surface area (TPSA) is 79.7 Å². The Kier molecular flexibility index (Phi) is 4.89. The largest absolute Gasteiger partial charge is 0.480 e. The van der Waals surface area contributed by atoms with Crippen molar-refractivity contribution in [1.82, 2.24) is 4.98 Å². The van der Waals surface area contributed by atoms with Crippen molar-refractivity contribution in [3.8, 4) is 0 Å². The molecule has 6 nitrogen and oxygen atoms in total. The Morgan fingerprint density at radius 2 is 2.10 bits per heavy atom. The van der Waals surface area contributed by atoms with E-state index >= 15 is 0 Å². The number of aliphatic carboxylic acids is 1. The second-order valence-electron chi connectivity index (χ2n) is 3.73. The number of carbonyl (C=O) groups is 2. The van der Waals surface area contributed by atoms with Crippen LogP contribution in [0.2, 0.25) is 0 Å². The van der Waals surface area contributed by atoms with Crippen molar-refractivity contribution in [2.45, 2.75) is 6.18 Å².